The second-order valence-corrected chi connectivity index (χ2v) is 5.96. The van der Waals surface area contributed by atoms with Gasteiger partial charge in [-0.3, -0.25) is 0 Å². The molecule has 2 aromatic carbocycles. The number of nitrogens with one attached hydrogen (secondary N) is 2. The van der Waals surface area contributed by atoms with Crippen molar-refractivity contribution in [1.29, 1.82) is 0 Å². The average molecular weight is 335 g/mol. The van der Waals surface area contributed by atoms with Gasteiger partial charge in [0, 0.05) is 34.4 Å². The highest BCUT2D eigenvalue weighted by atomic mass is 35.5. The maximum atomic E-state index is 5.90. The van der Waals surface area contributed by atoms with Crippen LogP contribution in [0, 0.1) is 0 Å². The SMILES string of the molecule is Clc1ccc(CNc2ccc(-c3ncnc4[nH]ccc34)cc2)cc1. The fourth-order valence-electron chi connectivity index (χ4n) is 2.65. The Labute approximate surface area is 144 Å². The summed E-state index contributed by atoms with van der Waals surface area (Å²) in [5.74, 6) is 0. The molecule has 0 spiro atoms. The number of aromatic nitrogens is 3. The predicted molar refractivity (Wildman–Crippen MR) is 98.1 cm³/mol. The van der Waals surface area contributed by atoms with Crippen LogP contribution in [0.25, 0.3) is 22.3 Å². The third kappa shape index (κ3) is 2.96. The van der Waals surface area contributed by atoms with Gasteiger partial charge in [-0.15, -0.1) is 0 Å². The Bertz CT molecular complexity index is 959. The van der Waals surface area contributed by atoms with E-state index in [1.807, 2.05) is 36.5 Å². The molecule has 4 nitrogen and oxygen atoms in total. The van der Waals surface area contributed by atoms with E-state index in [2.05, 4.69) is 44.5 Å². The molecule has 24 heavy (non-hydrogen) atoms. The number of fused-ring (bicyclic) bond motifs is 1. The van der Waals surface area contributed by atoms with Crippen LogP contribution >= 0.6 is 11.6 Å². The fourth-order valence-corrected chi connectivity index (χ4v) is 2.78. The number of rotatable bonds is 4. The second-order valence-electron chi connectivity index (χ2n) is 5.52. The van der Waals surface area contributed by atoms with Crippen molar-refractivity contribution < 1.29 is 0 Å². The topological polar surface area (TPSA) is 53.6 Å². The minimum atomic E-state index is 0.754. The summed E-state index contributed by atoms with van der Waals surface area (Å²) in [6.45, 7) is 0.756. The molecule has 118 valence electrons. The number of nitrogens with zero attached hydrogens (tertiary/aromatic N) is 2. The summed E-state index contributed by atoms with van der Waals surface area (Å²) < 4.78 is 0. The molecular formula is C19H15ClN4. The zero-order valence-electron chi connectivity index (χ0n) is 12.8. The summed E-state index contributed by atoms with van der Waals surface area (Å²) >= 11 is 5.90. The van der Waals surface area contributed by atoms with Crippen LogP contribution in [0.4, 0.5) is 5.69 Å². The first-order valence-corrected chi connectivity index (χ1v) is 8.04. The van der Waals surface area contributed by atoms with Crippen LogP contribution < -0.4 is 5.32 Å². The molecule has 0 saturated heterocycles. The van der Waals surface area contributed by atoms with Gasteiger partial charge in [0.05, 0.1) is 5.69 Å². The lowest BCUT2D eigenvalue weighted by atomic mass is 10.1. The Morgan fingerprint density at radius 3 is 2.50 bits per heavy atom. The lowest BCUT2D eigenvalue weighted by molar-refractivity contribution is 1.15. The van der Waals surface area contributed by atoms with Crippen molar-refractivity contribution in [3.8, 4) is 11.3 Å². The first-order chi connectivity index (χ1) is 11.8. The Morgan fingerprint density at radius 1 is 0.917 bits per heavy atom. The Morgan fingerprint density at radius 2 is 1.71 bits per heavy atom. The van der Waals surface area contributed by atoms with Gasteiger partial charge in [-0.2, -0.15) is 0 Å². The number of halogens is 1. The third-order valence-corrected chi connectivity index (χ3v) is 4.17. The van der Waals surface area contributed by atoms with E-state index in [1.165, 1.54) is 5.56 Å². The number of hydrogen-bond donors (Lipinski definition) is 2. The fraction of sp³-hybridized carbons (Fsp3) is 0.0526. The van der Waals surface area contributed by atoms with E-state index in [-0.39, 0.29) is 0 Å². The van der Waals surface area contributed by atoms with E-state index in [0.717, 1.165) is 39.5 Å². The van der Waals surface area contributed by atoms with Crippen molar-refractivity contribution in [1.82, 2.24) is 15.0 Å². The molecule has 5 heteroatoms. The van der Waals surface area contributed by atoms with Crippen LogP contribution in [-0.2, 0) is 6.54 Å². The van der Waals surface area contributed by atoms with Crippen LogP contribution in [0.15, 0.2) is 67.1 Å². The highest BCUT2D eigenvalue weighted by Crippen LogP contribution is 2.26. The lowest BCUT2D eigenvalue weighted by Crippen LogP contribution is -1.99. The van der Waals surface area contributed by atoms with Crippen LogP contribution in [0.2, 0.25) is 5.02 Å². The Kier molecular flexibility index (Phi) is 3.89. The Balaban J connectivity index is 1.52. The maximum absolute atomic E-state index is 5.90. The molecule has 2 aromatic heterocycles. The first-order valence-electron chi connectivity index (χ1n) is 7.66. The van der Waals surface area contributed by atoms with Gasteiger partial charge in [0.25, 0.3) is 0 Å². The summed E-state index contributed by atoms with van der Waals surface area (Å²) in [7, 11) is 0. The summed E-state index contributed by atoms with van der Waals surface area (Å²) in [6, 6.07) is 18.1. The summed E-state index contributed by atoms with van der Waals surface area (Å²) in [6.07, 6.45) is 3.46. The van der Waals surface area contributed by atoms with Crippen LogP contribution in [0.5, 0.6) is 0 Å². The molecule has 2 heterocycles. The number of aromatic amines is 1. The van der Waals surface area contributed by atoms with Crippen molar-refractivity contribution >= 4 is 28.3 Å². The minimum Gasteiger partial charge on any atom is -0.381 e. The normalized spacial score (nSPS) is 10.9. The Hall–Kier alpha value is -2.85. The van der Waals surface area contributed by atoms with Gasteiger partial charge in [-0.1, -0.05) is 35.9 Å². The quantitative estimate of drug-likeness (QED) is 0.558. The van der Waals surface area contributed by atoms with Gasteiger partial charge in [0.15, 0.2) is 0 Å². The first kappa shape index (κ1) is 14.7. The molecule has 0 aliphatic rings. The standard InChI is InChI=1S/C19H15ClN4/c20-15-5-1-13(2-6-15)11-22-16-7-3-14(4-8-16)18-17-9-10-21-19(17)24-12-23-18/h1-10,12,22H,11H2,(H,21,23,24). The molecule has 0 aliphatic heterocycles. The lowest BCUT2D eigenvalue weighted by Gasteiger charge is -2.08. The summed E-state index contributed by atoms with van der Waals surface area (Å²) in [5.41, 5.74) is 5.11. The van der Waals surface area contributed by atoms with Crippen molar-refractivity contribution in [2.24, 2.45) is 0 Å². The zero-order valence-corrected chi connectivity index (χ0v) is 13.6. The van der Waals surface area contributed by atoms with E-state index in [9.17, 15) is 0 Å². The molecule has 2 N–H and O–H groups in total. The molecule has 4 aromatic rings. The van der Waals surface area contributed by atoms with Crippen LogP contribution in [-0.4, -0.2) is 15.0 Å². The van der Waals surface area contributed by atoms with E-state index in [1.54, 1.807) is 6.33 Å². The molecule has 0 radical (unpaired) electrons. The van der Waals surface area contributed by atoms with Crippen molar-refractivity contribution in [3.63, 3.8) is 0 Å². The predicted octanol–water partition coefficient (Wildman–Crippen LogP) is 4.89. The van der Waals surface area contributed by atoms with Gasteiger partial charge in [-0.25, -0.2) is 9.97 Å². The van der Waals surface area contributed by atoms with Crippen LogP contribution in [0.3, 0.4) is 0 Å². The van der Waals surface area contributed by atoms with Crippen molar-refractivity contribution in [2.75, 3.05) is 5.32 Å². The van der Waals surface area contributed by atoms with Gasteiger partial charge >= 0.3 is 0 Å². The molecule has 0 atom stereocenters. The van der Waals surface area contributed by atoms with E-state index >= 15 is 0 Å². The highest BCUT2D eigenvalue weighted by Gasteiger charge is 2.06. The number of H-pyrrole nitrogens is 1. The number of benzene rings is 2. The van der Waals surface area contributed by atoms with Crippen molar-refractivity contribution in [2.45, 2.75) is 6.54 Å². The molecule has 0 unspecified atom stereocenters. The zero-order chi connectivity index (χ0) is 16.4. The van der Waals surface area contributed by atoms with Crippen molar-refractivity contribution in [3.05, 3.63) is 77.7 Å². The summed E-state index contributed by atoms with van der Waals surface area (Å²) in [5, 5.41) is 5.19. The van der Waals surface area contributed by atoms with E-state index in [4.69, 9.17) is 11.6 Å². The molecule has 0 bridgehead atoms. The molecule has 0 amide bonds. The van der Waals surface area contributed by atoms with E-state index in [0.29, 0.717) is 0 Å². The average Bonchev–Trinajstić information content (AvgIpc) is 3.10. The second kappa shape index (κ2) is 6.34. The minimum absolute atomic E-state index is 0.754. The molecule has 0 saturated carbocycles. The van der Waals surface area contributed by atoms with E-state index < -0.39 is 0 Å². The molecule has 0 fully saturated rings. The van der Waals surface area contributed by atoms with Gasteiger partial charge in [0.2, 0.25) is 0 Å². The number of hydrogen-bond acceptors (Lipinski definition) is 3. The molecule has 0 aliphatic carbocycles. The van der Waals surface area contributed by atoms with Gasteiger partial charge < -0.3 is 10.3 Å². The molecular weight excluding hydrogens is 320 g/mol. The van der Waals surface area contributed by atoms with Crippen LogP contribution in [0.1, 0.15) is 5.56 Å². The van der Waals surface area contributed by atoms with Gasteiger partial charge in [0.1, 0.15) is 12.0 Å². The molecule has 4 rings (SSSR count). The van der Waals surface area contributed by atoms with Gasteiger partial charge in [-0.05, 0) is 35.9 Å². The largest absolute Gasteiger partial charge is 0.381 e. The monoisotopic (exact) mass is 334 g/mol. The maximum Gasteiger partial charge on any atom is 0.141 e. The third-order valence-electron chi connectivity index (χ3n) is 3.92. The smallest absolute Gasteiger partial charge is 0.141 e. The highest BCUT2D eigenvalue weighted by molar-refractivity contribution is 6.30. The number of anilines is 1. The summed E-state index contributed by atoms with van der Waals surface area (Å²) in [4.78, 5) is 11.8.